The van der Waals surface area contributed by atoms with Crippen LogP contribution in [0.1, 0.15) is 361 Å². The lowest BCUT2D eigenvalue weighted by atomic mass is 9.61. The van der Waals surface area contributed by atoms with Gasteiger partial charge >= 0.3 is 0 Å². The molecule has 9 atom stereocenters. The van der Waals surface area contributed by atoms with E-state index in [0.29, 0.717) is 32.7 Å². The van der Waals surface area contributed by atoms with Crippen molar-refractivity contribution in [3.05, 3.63) is 54.1 Å². The molecule has 1 aromatic carbocycles. The average Bonchev–Trinajstić information content (AvgIpc) is 1.77. The van der Waals surface area contributed by atoms with Crippen LogP contribution in [0.3, 0.4) is 0 Å². The van der Waals surface area contributed by atoms with Crippen molar-refractivity contribution < 1.29 is 24.0 Å². The number of imide groups is 1. The fourth-order valence-corrected chi connectivity index (χ4v) is 17.2. The molecule has 2 aliphatic heterocycles. The molecule has 0 spiro atoms. The fourth-order valence-electron chi connectivity index (χ4n) is 17.2. The minimum absolute atomic E-state index is 0.0396. The molecular formula is C82H141N3O5. The molecule has 1 aromatic rings. The van der Waals surface area contributed by atoms with Crippen molar-refractivity contribution in [1.82, 2.24) is 14.9 Å². The Morgan fingerprint density at radius 2 is 0.822 bits per heavy atom. The number of amides is 4. The lowest BCUT2D eigenvalue weighted by Crippen LogP contribution is -2.54. The van der Waals surface area contributed by atoms with E-state index in [1.807, 2.05) is 41.3 Å². The normalized spacial score (nSPS) is 23.1. The van der Waals surface area contributed by atoms with Crippen LogP contribution in [0.2, 0.25) is 0 Å². The SMILES string of the molecule is CCCCCCCCC1C(CCCCCC)CCC(C)C1CCCCCCCCN(C(=O)/C=C/c1ccccc1)C1CCON(CCCCCCCCC2C(CCCCCCCCN3C(=O)C=CC3=O)CCC(CCCCCC)C2CCCCCCCC)C1=O. The Hall–Kier alpha value is -3.26. The largest absolute Gasteiger partial charge is 0.327 e. The topological polar surface area (TPSA) is 87.2 Å². The first-order valence-electron chi connectivity index (χ1n) is 39.7. The van der Waals surface area contributed by atoms with Gasteiger partial charge in [-0.3, -0.25) is 28.9 Å². The van der Waals surface area contributed by atoms with Gasteiger partial charge in [-0.1, -0.05) is 315 Å². The first-order valence-corrected chi connectivity index (χ1v) is 39.7. The number of hydroxylamine groups is 2. The standard InChI is InChI=1S/C82H141N3O5/c1-6-10-14-18-27-41-53-75-71(49-37-16-12-8-3)58-56-69(5)74(75)52-40-29-21-24-31-44-65-83(79(86)61-57-70-47-35-34-36-48-70)78-64-68-90-85(82(78)89)67-46-33-25-22-30-43-55-77-73(51-39-26-20-23-32-45-66-84-80(87)62-63-81(84)88)60-59-72(50-38-17-13-9-4)76(77)54-42-28-19-15-11-7-2/h34-36,47-48,57,61-63,69,71-78H,6-33,37-46,49-56,58-60,64-68H2,1-5H3/b61-57+. The second-order valence-electron chi connectivity index (χ2n) is 29.6. The highest BCUT2D eigenvalue weighted by Gasteiger charge is 2.40. The van der Waals surface area contributed by atoms with Crippen LogP contribution in [0.4, 0.5) is 0 Å². The van der Waals surface area contributed by atoms with Crippen molar-refractivity contribution >= 4 is 29.7 Å². The highest BCUT2D eigenvalue weighted by molar-refractivity contribution is 6.12. The second-order valence-corrected chi connectivity index (χ2v) is 29.6. The third-order valence-electron chi connectivity index (χ3n) is 22.7. The number of hydrogen-bond donors (Lipinski definition) is 0. The molecular weight excluding hydrogens is 1110 g/mol. The molecule has 1 saturated heterocycles. The summed E-state index contributed by atoms with van der Waals surface area (Å²) < 4.78 is 0. The summed E-state index contributed by atoms with van der Waals surface area (Å²) in [6, 6.07) is 9.59. The van der Waals surface area contributed by atoms with Crippen LogP contribution < -0.4 is 0 Å². The van der Waals surface area contributed by atoms with Gasteiger partial charge in [0, 0.05) is 44.3 Å². The zero-order valence-electron chi connectivity index (χ0n) is 59.5. The molecule has 514 valence electrons. The molecule has 0 bridgehead atoms. The van der Waals surface area contributed by atoms with E-state index in [4.69, 9.17) is 4.84 Å². The average molecular weight is 1250 g/mol. The lowest BCUT2D eigenvalue weighted by Gasteiger charge is -2.44. The summed E-state index contributed by atoms with van der Waals surface area (Å²) in [6.45, 7) is 14.2. The van der Waals surface area contributed by atoms with E-state index in [9.17, 15) is 19.2 Å². The molecule has 0 aromatic heterocycles. The Bertz CT molecular complexity index is 2040. The molecule has 90 heavy (non-hydrogen) atoms. The van der Waals surface area contributed by atoms with Gasteiger partial charge in [0.1, 0.15) is 6.04 Å². The van der Waals surface area contributed by atoms with Gasteiger partial charge in [-0.25, -0.2) is 5.06 Å². The maximum atomic E-state index is 14.3. The Labute approximate surface area is 555 Å². The molecule has 3 fully saturated rings. The third kappa shape index (κ3) is 30.4. The number of carbonyl (C=O) groups excluding carboxylic acids is 4. The predicted octanol–water partition coefficient (Wildman–Crippen LogP) is 23.2. The summed E-state index contributed by atoms with van der Waals surface area (Å²) in [5.74, 6) is 6.76. The fraction of sp³-hybridized carbons (Fsp3) is 0.829. The predicted molar refractivity (Wildman–Crippen MR) is 382 cm³/mol. The van der Waals surface area contributed by atoms with Crippen LogP contribution in [0.15, 0.2) is 48.6 Å². The van der Waals surface area contributed by atoms with Crippen molar-refractivity contribution in [2.45, 2.75) is 362 Å². The molecule has 0 radical (unpaired) electrons. The van der Waals surface area contributed by atoms with Crippen LogP contribution in [-0.2, 0) is 24.0 Å². The number of rotatable bonds is 54. The summed E-state index contributed by atoms with van der Waals surface area (Å²) >= 11 is 0. The number of hydrogen-bond acceptors (Lipinski definition) is 5. The van der Waals surface area contributed by atoms with Crippen molar-refractivity contribution in [1.29, 1.82) is 0 Å². The van der Waals surface area contributed by atoms with E-state index in [-0.39, 0.29) is 23.6 Å². The third-order valence-corrected chi connectivity index (χ3v) is 22.7. The van der Waals surface area contributed by atoms with Gasteiger partial charge in [0.05, 0.1) is 6.61 Å². The summed E-state index contributed by atoms with van der Waals surface area (Å²) in [7, 11) is 0. The Balaban J connectivity index is 1.07. The molecule has 2 saturated carbocycles. The van der Waals surface area contributed by atoms with Crippen LogP contribution in [0, 0.1) is 47.3 Å². The summed E-state index contributed by atoms with van der Waals surface area (Å²) in [4.78, 5) is 61.9. The van der Waals surface area contributed by atoms with E-state index in [1.54, 1.807) is 11.1 Å². The van der Waals surface area contributed by atoms with Gasteiger partial charge < -0.3 is 4.90 Å². The highest BCUT2D eigenvalue weighted by atomic mass is 16.7. The monoisotopic (exact) mass is 1250 g/mol. The zero-order chi connectivity index (χ0) is 64.1. The number of carbonyl (C=O) groups is 4. The van der Waals surface area contributed by atoms with Gasteiger partial charge in [0.25, 0.3) is 17.7 Å². The molecule has 8 heteroatoms. The van der Waals surface area contributed by atoms with Crippen molar-refractivity contribution in [3.63, 3.8) is 0 Å². The highest BCUT2D eigenvalue weighted by Crippen LogP contribution is 2.49. The van der Waals surface area contributed by atoms with Crippen molar-refractivity contribution in [2.75, 3.05) is 26.2 Å². The molecule has 4 aliphatic rings. The molecule has 2 aliphatic carbocycles. The van der Waals surface area contributed by atoms with E-state index in [1.165, 1.54) is 293 Å². The molecule has 4 amide bonds. The minimum Gasteiger partial charge on any atom is -0.327 e. The maximum absolute atomic E-state index is 14.3. The first-order chi connectivity index (χ1) is 44.2. The van der Waals surface area contributed by atoms with Crippen LogP contribution >= 0.6 is 0 Å². The van der Waals surface area contributed by atoms with Gasteiger partial charge in [-0.05, 0) is 123 Å². The Morgan fingerprint density at radius 1 is 0.444 bits per heavy atom. The minimum atomic E-state index is -0.482. The smallest absolute Gasteiger partial charge is 0.268 e. The van der Waals surface area contributed by atoms with Gasteiger partial charge in [-0.15, -0.1) is 0 Å². The van der Waals surface area contributed by atoms with Crippen LogP contribution in [0.25, 0.3) is 6.08 Å². The molecule has 2 heterocycles. The van der Waals surface area contributed by atoms with Crippen molar-refractivity contribution in [2.24, 2.45) is 47.3 Å². The van der Waals surface area contributed by atoms with E-state index >= 15 is 0 Å². The van der Waals surface area contributed by atoms with E-state index in [2.05, 4.69) is 34.6 Å². The number of benzene rings is 1. The van der Waals surface area contributed by atoms with Gasteiger partial charge in [0.2, 0.25) is 5.91 Å². The summed E-state index contributed by atoms with van der Waals surface area (Å²) in [5.41, 5.74) is 0.997. The molecule has 9 unspecified atom stereocenters. The molecule has 8 nitrogen and oxygen atoms in total. The Morgan fingerprint density at radius 3 is 1.30 bits per heavy atom. The van der Waals surface area contributed by atoms with Gasteiger partial charge in [0.15, 0.2) is 0 Å². The summed E-state index contributed by atoms with van der Waals surface area (Å²) in [6.07, 6.45) is 71.8. The summed E-state index contributed by atoms with van der Waals surface area (Å²) in [5, 5.41) is 1.63. The number of unbranched alkanes of at least 4 members (excludes halogenated alkanes) is 31. The second kappa shape index (κ2) is 49.3. The van der Waals surface area contributed by atoms with E-state index < -0.39 is 6.04 Å². The number of nitrogens with zero attached hydrogens (tertiary/aromatic N) is 3. The van der Waals surface area contributed by atoms with Gasteiger partial charge in [-0.2, -0.15) is 0 Å². The quantitative estimate of drug-likeness (QED) is 0.0368. The maximum Gasteiger partial charge on any atom is 0.268 e. The first kappa shape index (κ1) is 77.4. The van der Waals surface area contributed by atoms with Crippen LogP contribution in [-0.4, -0.2) is 70.8 Å². The van der Waals surface area contributed by atoms with Crippen LogP contribution in [0.5, 0.6) is 0 Å². The molecule has 5 rings (SSSR count). The van der Waals surface area contributed by atoms with E-state index in [0.717, 1.165) is 91.4 Å². The Kier molecular flexibility index (Phi) is 42.4. The molecule has 0 N–H and O–H groups in total. The van der Waals surface area contributed by atoms with Crippen molar-refractivity contribution in [3.8, 4) is 0 Å². The lowest BCUT2D eigenvalue weighted by molar-refractivity contribution is -0.208. The zero-order valence-corrected chi connectivity index (χ0v) is 59.5.